The van der Waals surface area contributed by atoms with Crippen LogP contribution >= 0.6 is 35.0 Å². The second kappa shape index (κ2) is 6.67. The van der Waals surface area contributed by atoms with E-state index in [9.17, 15) is 0 Å². The molecule has 0 radical (unpaired) electrons. The number of rotatable bonds is 2. The molecule has 0 spiro atoms. The fraction of sp³-hybridized carbons (Fsp3) is 0.105. The third kappa shape index (κ3) is 3.12. The summed E-state index contributed by atoms with van der Waals surface area (Å²) < 4.78 is 5.65. The van der Waals surface area contributed by atoms with Gasteiger partial charge in [0.2, 0.25) is 0 Å². The second-order valence-electron chi connectivity index (χ2n) is 5.48. The molecule has 1 aliphatic rings. The molecule has 3 aromatic rings. The van der Waals surface area contributed by atoms with Crippen molar-refractivity contribution < 1.29 is 4.42 Å². The Morgan fingerprint density at radius 2 is 1.88 bits per heavy atom. The zero-order valence-corrected chi connectivity index (χ0v) is 14.9. The molecule has 24 heavy (non-hydrogen) atoms. The smallest absolute Gasteiger partial charge is 0.117 e. The quantitative estimate of drug-likeness (QED) is 0.485. The largest absolute Gasteiger partial charge is 0.468 e. The van der Waals surface area contributed by atoms with Crippen molar-refractivity contribution in [2.24, 2.45) is 4.99 Å². The van der Waals surface area contributed by atoms with Crippen molar-refractivity contribution in [3.63, 3.8) is 0 Å². The topological polar surface area (TPSA) is 25.5 Å². The van der Waals surface area contributed by atoms with E-state index in [1.165, 1.54) is 0 Å². The van der Waals surface area contributed by atoms with E-state index in [2.05, 4.69) is 6.07 Å². The Morgan fingerprint density at radius 3 is 2.67 bits per heavy atom. The standard InChI is InChI=1S/C19H13Cl2NOS/c20-13-8-7-12(10-14(13)21)16-11-19(17-5-3-9-23-17)24-18-6-2-1-4-15(18)22-16/h1-10,19H,11H2. The highest BCUT2D eigenvalue weighted by atomic mass is 35.5. The van der Waals surface area contributed by atoms with E-state index in [-0.39, 0.29) is 5.25 Å². The Balaban J connectivity index is 1.81. The lowest BCUT2D eigenvalue weighted by Crippen LogP contribution is -2.05. The van der Waals surface area contributed by atoms with Gasteiger partial charge in [0.15, 0.2) is 0 Å². The zero-order valence-electron chi connectivity index (χ0n) is 12.6. The van der Waals surface area contributed by atoms with Gasteiger partial charge in [-0.3, -0.25) is 4.99 Å². The van der Waals surface area contributed by atoms with Gasteiger partial charge in [0.05, 0.1) is 27.2 Å². The first-order valence-electron chi connectivity index (χ1n) is 7.53. The van der Waals surface area contributed by atoms with Crippen LogP contribution in [-0.2, 0) is 0 Å². The SMILES string of the molecule is Clc1ccc(C2=Nc3ccccc3SC(c3ccco3)C2)cc1Cl. The minimum atomic E-state index is 0.164. The van der Waals surface area contributed by atoms with E-state index >= 15 is 0 Å². The number of furan rings is 1. The molecule has 2 heterocycles. The fourth-order valence-corrected chi connectivity index (χ4v) is 4.19. The van der Waals surface area contributed by atoms with Crippen LogP contribution < -0.4 is 0 Å². The van der Waals surface area contributed by atoms with Crippen LogP contribution in [0.5, 0.6) is 0 Å². The summed E-state index contributed by atoms with van der Waals surface area (Å²) >= 11 is 14.0. The van der Waals surface area contributed by atoms with Crippen LogP contribution in [0.3, 0.4) is 0 Å². The van der Waals surface area contributed by atoms with E-state index in [0.717, 1.165) is 34.0 Å². The monoisotopic (exact) mass is 373 g/mol. The van der Waals surface area contributed by atoms with Crippen molar-refractivity contribution in [3.05, 3.63) is 82.2 Å². The van der Waals surface area contributed by atoms with Gasteiger partial charge in [-0.1, -0.05) is 41.4 Å². The second-order valence-corrected chi connectivity index (χ2v) is 7.54. The molecule has 0 fully saturated rings. The number of aliphatic imine (C=N–C) groups is 1. The summed E-state index contributed by atoms with van der Waals surface area (Å²) in [5.41, 5.74) is 2.93. The van der Waals surface area contributed by atoms with Crippen LogP contribution in [-0.4, -0.2) is 5.71 Å². The lowest BCUT2D eigenvalue weighted by atomic mass is 10.0. The molecule has 4 rings (SSSR count). The molecule has 0 saturated carbocycles. The zero-order chi connectivity index (χ0) is 16.5. The van der Waals surface area contributed by atoms with Gasteiger partial charge in [0, 0.05) is 17.0 Å². The minimum Gasteiger partial charge on any atom is -0.468 e. The average molecular weight is 374 g/mol. The summed E-state index contributed by atoms with van der Waals surface area (Å²) in [5.74, 6) is 0.949. The maximum absolute atomic E-state index is 6.20. The van der Waals surface area contributed by atoms with Crippen molar-refractivity contribution in [1.82, 2.24) is 0 Å². The molecule has 120 valence electrons. The molecule has 2 nitrogen and oxygen atoms in total. The first-order valence-corrected chi connectivity index (χ1v) is 9.16. The third-order valence-electron chi connectivity index (χ3n) is 3.88. The highest BCUT2D eigenvalue weighted by Crippen LogP contribution is 2.45. The predicted octanol–water partition coefficient (Wildman–Crippen LogP) is 6.94. The lowest BCUT2D eigenvalue weighted by molar-refractivity contribution is 0.508. The maximum Gasteiger partial charge on any atom is 0.117 e. The molecule has 0 bridgehead atoms. The number of fused-ring (bicyclic) bond motifs is 1. The van der Waals surface area contributed by atoms with Crippen molar-refractivity contribution >= 4 is 46.4 Å². The van der Waals surface area contributed by atoms with Gasteiger partial charge in [-0.15, -0.1) is 11.8 Å². The molecule has 0 N–H and O–H groups in total. The number of benzene rings is 2. The Hall–Kier alpha value is -1.68. The molecule has 1 aromatic heterocycles. The van der Waals surface area contributed by atoms with Gasteiger partial charge in [-0.2, -0.15) is 0 Å². The van der Waals surface area contributed by atoms with E-state index in [4.69, 9.17) is 32.6 Å². The summed E-state index contributed by atoms with van der Waals surface area (Å²) in [6, 6.07) is 17.7. The fourth-order valence-electron chi connectivity index (χ4n) is 2.70. The number of halogens is 2. The molecular weight excluding hydrogens is 361 g/mol. The molecule has 0 aliphatic carbocycles. The average Bonchev–Trinajstić information content (AvgIpc) is 3.05. The number of para-hydroxylation sites is 1. The van der Waals surface area contributed by atoms with Gasteiger partial charge in [0.25, 0.3) is 0 Å². The maximum atomic E-state index is 6.20. The molecule has 1 atom stereocenters. The minimum absolute atomic E-state index is 0.164. The normalized spacial score (nSPS) is 17.1. The number of hydrogen-bond donors (Lipinski definition) is 0. The number of hydrogen-bond acceptors (Lipinski definition) is 3. The highest BCUT2D eigenvalue weighted by Gasteiger charge is 2.24. The summed E-state index contributed by atoms with van der Waals surface area (Å²) in [7, 11) is 0. The summed E-state index contributed by atoms with van der Waals surface area (Å²) in [6.45, 7) is 0. The van der Waals surface area contributed by atoms with Crippen molar-refractivity contribution in [3.8, 4) is 0 Å². The van der Waals surface area contributed by atoms with Crippen LogP contribution in [0, 0.1) is 0 Å². The number of thioether (sulfide) groups is 1. The predicted molar refractivity (Wildman–Crippen MR) is 101 cm³/mol. The van der Waals surface area contributed by atoms with Crippen LogP contribution in [0.4, 0.5) is 5.69 Å². The molecule has 5 heteroatoms. The van der Waals surface area contributed by atoms with Gasteiger partial charge in [-0.05, 0) is 42.0 Å². The van der Waals surface area contributed by atoms with E-state index < -0.39 is 0 Å². The Labute approximate surface area is 154 Å². The molecular formula is C19H13Cl2NOS. The molecule has 2 aromatic carbocycles. The highest BCUT2D eigenvalue weighted by molar-refractivity contribution is 7.99. The summed E-state index contributed by atoms with van der Waals surface area (Å²) in [4.78, 5) is 6.04. The summed E-state index contributed by atoms with van der Waals surface area (Å²) in [5, 5.41) is 1.25. The van der Waals surface area contributed by atoms with Crippen LogP contribution in [0.15, 0.2) is 75.2 Å². The van der Waals surface area contributed by atoms with Crippen molar-refractivity contribution in [1.29, 1.82) is 0 Å². The Bertz CT molecular complexity index is 905. The molecule has 1 unspecified atom stereocenters. The van der Waals surface area contributed by atoms with E-state index in [1.807, 2.05) is 48.5 Å². The first-order chi connectivity index (χ1) is 11.7. The van der Waals surface area contributed by atoms with Gasteiger partial charge < -0.3 is 4.42 Å². The molecule has 0 amide bonds. The van der Waals surface area contributed by atoms with Crippen molar-refractivity contribution in [2.45, 2.75) is 16.6 Å². The van der Waals surface area contributed by atoms with Crippen LogP contribution in [0.2, 0.25) is 10.0 Å². The number of nitrogens with zero attached hydrogens (tertiary/aromatic N) is 1. The van der Waals surface area contributed by atoms with Gasteiger partial charge >= 0.3 is 0 Å². The summed E-state index contributed by atoms with van der Waals surface area (Å²) in [6.07, 6.45) is 2.47. The van der Waals surface area contributed by atoms with Crippen LogP contribution in [0.1, 0.15) is 23.0 Å². The lowest BCUT2D eigenvalue weighted by Gasteiger charge is -2.13. The van der Waals surface area contributed by atoms with Crippen LogP contribution in [0.25, 0.3) is 0 Å². The molecule has 1 aliphatic heterocycles. The van der Waals surface area contributed by atoms with E-state index in [0.29, 0.717) is 10.0 Å². The first kappa shape index (κ1) is 15.8. The van der Waals surface area contributed by atoms with Crippen molar-refractivity contribution in [2.75, 3.05) is 0 Å². The van der Waals surface area contributed by atoms with E-state index in [1.54, 1.807) is 18.0 Å². The Kier molecular flexibility index (Phi) is 4.40. The van der Waals surface area contributed by atoms with Gasteiger partial charge in [0.1, 0.15) is 5.76 Å². The molecule has 0 saturated heterocycles. The third-order valence-corrected chi connectivity index (χ3v) is 5.90. The van der Waals surface area contributed by atoms with Gasteiger partial charge in [-0.25, -0.2) is 0 Å². The Morgan fingerprint density at radius 1 is 1.00 bits per heavy atom.